The fourth-order valence-corrected chi connectivity index (χ4v) is 1.70. The van der Waals surface area contributed by atoms with E-state index in [1.165, 1.54) is 13.4 Å². The van der Waals surface area contributed by atoms with Crippen LogP contribution in [-0.2, 0) is 11.3 Å². The molecule has 0 bridgehead atoms. The summed E-state index contributed by atoms with van der Waals surface area (Å²) < 4.78 is 9.91. The molecule has 0 radical (unpaired) electrons. The number of carbonyl (C=O) groups excluding carboxylic acids is 1. The molecule has 0 aliphatic carbocycles. The third-order valence-corrected chi connectivity index (χ3v) is 3.36. The van der Waals surface area contributed by atoms with Gasteiger partial charge in [-0.1, -0.05) is 6.92 Å². The molecule has 0 saturated heterocycles. The average Bonchev–Trinajstić information content (AvgIpc) is 2.90. The first-order valence-electron chi connectivity index (χ1n) is 6.65. The number of hydrogen-bond donors (Lipinski definition) is 1. The average molecular weight is 268 g/mol. The lowest BCUT2D eigenvalue weighted by Crippen LogP contribution is -2.34. The summed E-state index contributed by atoms with van der Waals surface area (Å²) in [5, 5.41) is 3.29. The molecule has 1 rings (SSSR count). The van der Waals surface area contributed by atoms with Crippen LogP contribution >= 0.6 is 0 Å². The Labute approximate surface area is 114 Å². The van der Waals surface area contributed by atoms with E-state index in [-0.39, 0.29) is 5.97 Å². The number of likely N-dealkylation sites (N-methyl/N-ethyl adjacent to an activating group) is 1. The normalized spacial score (nSPS) is 12.7. The molecule has 0 aliphatic heterocycles. The van der Waals surface area contributed by atoms with Crippen LogP contribution in [0.2, 0.25) is 0 Å². The molecule has 0 aliphatic rings. The summed E-state index contributed by atoms with van der Waals surface area (Å²) in [5.41, 5.74) is 0.455. The number of furan rings is 1. The molecule has 1 heterocycles. The molecule has 1 N–H and O–H groups in total. The Morgan fingerprint density at radius 3 is 2.95 bits per heavy atom. The summed E-state index contributed by atoms with van der Waals surface area (Å²) in [5.74, 6) is 0.373. The fourth-order valence-electron chi connectivity index (χ4n) is 1.70. The maximum absolute atomic E-state index is 11.2. The summed E-state index contributed by atoms with van der Waals surface area (Å²) >= 11 is 0. The molecule has 0 spiro atoms. The van der Waals surface area contributed by atoms with E-state index in [0.29, 0.717) is 18.2 Å². The second-order valence-electron chi connectivity index (χ2n) is 4.71. The lowest BCUT2D eigenvalue weighted by molar-refractivity contribution is 0.0600. The van der Waals surface area contributed by atoms with Crippen molar-refractivity contribution in [1.29, 1.82) is 0 Å². The van der Waals surface area contributed by atoms with Crippen LogP contribution in [-0.4, -0.2) is 44.2 Å². The highest BCUT2D eigenvalue weighted by molar-refractivity contribution is 5.88. The Balaban J connectivity index is 2.26. The molecule has 0 fully saturated rings. The van der Waals surface area contributed by atoms with Crippen LogP contribution in [0, 0.1) is 0 Å². The van der Waals surface area contributed by atoms with E-state index < -0.39 is 0 Å². The van der Waals surface area contributed by atoms with Gasteiger partial charge in [0.15, 0.2) is 0 Å². The zero-order chi connectivity index (χ0) is 14.3. The van der Waals surface area contributed by atoms with Gasteiger partial charge in [-0.3, -0.25) is 0 Å². The number of nitrogens with zero attached hydrogens (tertiary/aromatic N) is 1. The largest absolute Gasteiger partial charge is 0.467 e. The molecule has 5 nitrogen and oxygen atoms in total. The summed E-state index contributed by atoms with van der Waals surface area (Å²) in [6.45, 7) is 6.89. The number of nitrogens with one attached hydrogen (secondary N) is 1. The van der Waals surface area contributed by atoms with E-state index >= 15 is 0 Å². The van der Waals surface area contributed by atoms with E-state index in [1.54, 1.807) is 6.07 Å². The number of rotatable bonds is 8. The van der Waals surface area contributed by atoms with E-state index in [9.17, 15) is 4.79 Å². The quantitative estimate of drug-likeness (QED) is 0.576. The Morgan fingerprint density at radius 1 is 1.58 bits per heavy atom. The highest BCUT2D eigenvalue weighted by Gasteiger charge is 2.10. The third-order valence-electron chi connectivity index (χ3n) is 3.36. The molecule has 5 heteroatoms. The minimum Gasteiger partial charge on any atom is -0.467 e. The van der Waals surface area contributed by atoms with Crippen molar-refractivity contribution in [2.75, 3.05) is 27.2 Å². The first-order valence-corrected chi connectivity index (χ1v) is 6.65. The standard InChI is InChI=1S/C14H24N2O3/c1-5-11(2)16(3)7-6-15-9-13-8-12(10-19-13)14(17)18-4/h8,10-11,15H,5-7,9H2,1-4H3. The Hall–Kier alpha value is -1.33. The highest BCUT2D eigenvalue weighted by atomic mass is 16.5. The SMILES string of the molecule is CCC(C)N(C)CCNCc1cc(C(=O)OC)co1. The van der Waals surface area contributed by atoms with Gasteiger partial charge in [-0.2, -0.15) is 0 Å². The second-order valence-corrected chi connectivity index (χ2v) is 4.71. The van der Waals surface area contributed by atoms with Crippen molar-refractivity contribution in [3.8, 4) is 0 Å². The monoisotopic (exact) mass is 268 g/mol. The molecule has 108 valence electrons. The van der Waals surface area contributed by atoms with Gasteiger partial charge >= 0.3 is 5.97 Å². The van der Waals surface area contributed by atoms with Crippen molar-refractivity contribution in [3.05, 3.63) is 23.7 Å². The fraction of sp³-hybridized carbons (Fsp3) is 0.643. The van der Waals surface area contributed by atoms with Crippen molar-refractivity contribution in [2.45, 2.75) is 32.9 Å². The van der Waals surface area contributed by atoms with E-state index in [1.807, 2.05) is 0 Å². The number of carbonyl (C=O) groups is 1. The van der Waals surface area contributed by atoms with Gasteiger partial charge in [0.1, 0.15) is 12.0 Å². The van der Waals surface area contributed by atoms with Crippen molar-refractivity contribution < 1.29 is 13.9 Å². The molecule has 1 aromatic rings. The van der Waals surface area contributed by atoms with Gasteiger partial charge in [0.25, 0.3) is 0 Å². The number of hydrogen-bond acceptors (Lipinski definition) is 5. The van der Waals surface area contributed by atoms with Crippen LogP contribution in [0.25, 0.3) is 0 Å². The maximum Gasteiger partial charge on any atom is 0.341 e. The van der Waals surface area contributed by atoms with Crippen LogP contribution < -0.4 is 5.32 Å². The van der Waals surface area contributed by atoms with Crippen LogP contribution in [0.3, 0.4) is 0 Å². The first-order chi connectivity index (χ1) is 9.08. The second kappa shape index (κ2) is 7.96. The lowest BCUT2D eigenvalue weighted by atomic mass is 10.2. The first kappa shape index (κ1) is 15.7. The van der Waals surface area contributed by atoms with Crippen molar-refractivity contribution in [2.24, 2.45) is 0 Å². The maximum atomic E-state index is 11.2. The summed E-state index contributed by atoms with van der Waals surface area (Å²) in [4.78, 5) is 13.6. The molecule has 1 unspecified atom stereocenters. The minimum atomic E-state index is -0.369. The van der Waals surface area contributed by atoms with Crippen molar-refractivity contribution >= 4 is 5.97 Å². The Morgan fingerprint density at radius 2 is 2.32 bits per heavy atom. The number of ether oxygens (including phenoxy) is 1. The summed E-state index contributed by atoms with van der Waals surface area (Å²) in [7, 11) is 3.48. The Bertz CT molecular complexity index is 390. The topological polar surface area (TPSA) is 54.7 Å². The molecular weight excluding hydrogens is 244 g/mol. The lowest BCUT2D eigenvalue weighted by Gasteiger charge is -2.23. The van der Waals surface area contributed by atoms with E-state index in [2.05, 4.69) is 35.8 Å². The van der Waals surface area contributed by atoms with Crippen LogP contribution in [0.1, 0.15) is 36.4 Å². The molecule has 19 heavy (non-hydrogen) atoms. The van der Waals surface area contributed by atoms with Crippen LogP contribution in [0.4, 0.5) is 0 Å². The van der Waals surface area contributed by atoms with E-state index in [4.69, 9.17) is 4.42 Å². The number of esters is 1. The van der Waals surface area contributed by atoms with Gasteiger partial charge in [-0.15, -0.1) is 0 Å². The smallest absolute Gasteiger partial charge is 0.341 e. The van der Waals surface area contributed by atoms with Crippen LogP contribution in [0.15, 0.2) is 16.7 Å². The van der Waals surface area contributed by atoms with Gasteiger partial charge in [-0.25, -0.2) is 4.79 Å². The zero-order valence-electron chi connectivity index (χ0n) is 12.2. The summed E-state index contributed by atoms with van der Waals surface area (Å²) in [6, 6.07) is 2.30. The van der Waals surface area contributed by atoms with Crippen molar-refractivity contribution in [3.63, 3.8) is 0 Å². The highest BCUT2D eigenvalue weighted by Crippen LogP contribution is 2.08. The molecule has 1 atom stereocenters. The van der Waals surface area contributed by atoms with Crippen LogP contribution in [0.5, 0.6) is 0 Å². The van der Waals surface area contributed by atoms with Gasteiger partial charge in [0.2, 0.25) is 0 Å². The molecule has 1 aromatic heterocycles. The summed E-state index contributed by atoms with van der Waals surface area (Å²) in [6.07, 6.45) is 2.57. The van der Waals surface area contributed by atoms with Gasteiger partial charge in [-0.05, 0) is 26.5 Å². The minimum absolute atomic E-state index is 0.369. The molecule has 0 aromatic carbocycles. The molecule has 0 amide bonds. The number of methoxy groups -OCH3 is 1. The third kappa shape index (κ3) is 5.04. The van der Waals surface area contributed by atoms with Crippen molar-refractivity contribution in [1.82, 2.24) is 10.2 Å². The van der Waals surface area contributed by atoms with Gasteiger partial charge < -0.3 is 19.4 Å². The zero-order valence-corrected chi connectivity index (χ0v) is 12.2. The predicted octanol–water partition coefficient (Wildman–Crippen LogP) is 1.89. The van der Waals surface area contributed by atoms with Gasteiger partial charge in [0.05, 0.1) is 19.2 Å². The Kier molecular flexibility index (Phi) is 6.59. The van der Waals surface area contributed by atoms with E-state index in [0.717, 1.165) is 25.3 Å². The molecule has 0 saturated carbocycles. The van der Waals surface area contributed by atoms with Gasteiger partial charge in [0, 0.05) is 19.1 Å². The molecular formula is C14H24N2O3. The predicted molar refractivity (Wildman–Crippen MR) is 74.1 cm³/mol.